The standard InChI is InChI=1S/C22H23N3O3/c1-27-19-12-6-10-17(21(19)28-2)23-22(26)25-15-14-24-13-7-11-18(24)20(25)16-8-4-3-5-9-16/h3-13,20H,14-15H2,1-2H3,(H,23,26)/t20-/m0/s1. The fraction of sp³-hybridized carbons (Fsp3) is 0.227. The van der Waals surface area contributed by atoms with E-state index in [1.165, 1.54) is 0 Å². The monoisotopic (exact) mass is 377 g/mol. The molecule has 2 heterocycles. The lowest BCUT2D eigenvalue weighted by atomic mass is 10.0. The number of methoxy groups -OCH3 is 2. The van der Waals surface area contributed by atoms with E-state index >= 15 is 0 Å². The Hall–Kier alpha value is -3.41. The number of para-hydroxylation sites is 1. The van der Waals surface area contributed by atoms with Crippen molar-refractivity contribution in [2.75, 3.05) is 26.1 Å². The first-order valence-electron chi connectivity index (χ1n) is 9.21. The van der Waals surface area contributed by atoms with Crippen LogP contribution in [-0.4, -0.2) is 36.3 Å². The lowest BCUT2D eigenvalue weighted by Gasteiger charge is -2.37. The van der Waals surface area contributed by atoms with Crippen LogP contribution in [0.2, 0.25) is 0 Å². The number of hydrogen-bond donors (Lipinski definition) is 1. The van der Waals surface area contributed by atoms with Crippen LogP contribution in [-0.2, 0) is 6.54 Å². The zero-order valence-corrected chi connectivity index (χ0v) is 16.0. The number of nitrogens with one attached hydrogen (secondary N) is 1. The Kier molecular flexibility index (Phi) is 4.93. The van der Waals surface area contributed by atoms with Crippen LogP contribution in [0.5, 0.6) is 11.5 Å². The number of ether oxygens (including phenoxy) is 2. The van der Waals surface area contributed by atoms with Crippen molar-refractivity contribution in [1.29, 1.82) is 0 Å². The third-order valence-corrected chi connectivity index (χ3v) is 5.06. The summed E-state index contributed by atoms with van der Waals surface area (Å²) in [5.41, 5.74) is 2.76. The van der Waals surface area contributed by atoms with Gasteiger partial charge in [0.05, 0.1) is 25.9 Å². The predicted molar refractivity (Wildman–Crippen MR) is 108 cm³/mol. The van der Waals surface area contributed by atoms with Crippen LogP contribution in [0.1, 0.15) is 17.3 Å². The molecule has 1 aliphatic heterocycles. The molecule has 0 spiro atoms. The van der Waals surface area contributed by atoms with Crippen LogP contribution in [0.25, 0.3) is 0 Å². The van der Waals surface area contributed by atoms with Crippen LogP contribution in [0, 0.1) is 0 Å². The molecule has 0 saturated heterocycles. The van der Waals surface area contributed by atoms with Crippen molar-refractivity contribution in [3.63, 3.8) is 0 Å². The molecule has 6 heteroatoms. The van der Waals surface area contributed by atoms with Gasteiger partial charge < -0.3 is 24.3 Å². The average Bonchev–Trinajstić information content (AvgIpc) is 3.22. The minimum absolute atomic E-state index is 0.151. The Bertz CT molecular complexity index is 968. The Labute approximate surface area is 164 Å². The number of carbonyl (C=O) groups is 1. The molecule has 0 fully saturated rings. The molecule has 0 saturated carbocycles. The molecule has 2 aromatic carbocycles. The van der Waals surface area contributed by atoms with Gasteiger partial charge in [0.2, 0.25) is 0 Å². The summed E-state index contributed by atoms with van der Waals surface area (Å²) in [7, 11) is 3.14. The van der Waals surface area contributed by atoms with E-state index in [1.807, 2.05) is 41.3 Å². The maximum Gasteiger partial charge on any atom is 0.322 e. The van der Waals surface area contributed by atoms with Gasteiger partial charge in [0, 0.05) is 25.0 Å². The summed E-state index contributed by atoms with van der Waals surface area (Å²) in [5, 5.41) is 3.00. The zero-order chi connectivity index (χ0) is 19.5. The van der Waals surface area contributed by atoms with Crippen molar-refractivity contribution in [3.05, 3.63) is 78.1 Å². The van der Waals surface area contributed by atoms with E-state index in [9.17, 15) is 4.79 Å². The molecule has 3 aromatic rings. The number of nitrogens with zero attached hydrogens (tertiary/aromatic N) is 2. The highest BCUT2D eigenvalue weighted by atomic mass is 16.5. The van der Waals surface area contributed by atoms with Gasteiger partial charge in [0.1, 0.15) is 0 Å². The summed E-state index contributed by atoms with van der Waals surface area (Å²) in [6.07, 6.45) is 2.06. The van der Waals surface area contributed by atoms with E-state index < -0.39 is 0 Å². The number of aromatic nitrogens is 1. The molecule has 144 valence electrons. The summed E-state index contributed by atoms with van der Waals surface area (Å²) < 4.78 is 13.0. The molecule has 1 aliphatic rings. The number of fused-ring (bicyclic) bond motifs is 1. The number of hydrogen-bond acceptors (Lipinski definition) is 3. The number of carbonyl (C=O) groups excluding carboxylic acids is 1. The predicted octanol–water partition coefficient (Wildman–Crippen LogP) is 4.14. The summed E-state index contributed by atoms with van der Waals surface area (Å²) >= 11 is 0. The summed E-state index contributed by atoms with van der Waals surface area (Å²) in [6.45, 7) is 1.37. The van der Waals surface area contributed by atoms with Crippen LogP contribution in [0.4, 0.5) is 10.5 Å². The molecular formula is C22H23N3O3. The second-order valence-corrected chi connectivity index (χ2v) is 6.60. The molecule has 1 aromatic heterocycles. The molecule has 0 unspecified atom stereocenters. The second kappa shape index (κ2) is 7.68. The van der Waals surface area contributed by atoms with E-state index in [4.69, 9.17) is 9.47 Å². The number of urea groups is 1. The van der Waals surface area contributed by atoms with Gasteiger partial charge in [-0.15, -0.1) is 0 Å². The minimum Gasteiger partial charge on any atom is -0.493 e. The van der Waals surface area contributed by atoms with E-state index in [-0.39, 0.29) is 12.1 Å². The maximum absolute atomic E-state index is 13.3. The van der Waals surface area contributed by atoms with Gasteiger partial charge >= 0.3 is 6.03 Å². The van der Waals surface area contributed by atoms with Gasteiger partial charge in [0.25, 0.3) is 0 Å². The highest BCUT2D eigenvalue weighted by Crippen LogP contribution is 2.36. The third-order valence-electron chi connectivity index (χ3n) is 5.06. The lowest BCUT2D eigenvalue weighted by molar-refractivity contribution is 0.181. The first-order valence-corrected chi connectivity index (χ1v) is 9.21. The summed E-state index contributed by atoms with van der Waals surface area (Å²) in [5.74, 6) is 1.09. The van der Waals surface area contributed by atoms with Gasteiger partial charge in [-0.1, -0.05) is 36.4 Å². The topological polar surface area (TPSA) is 55.7 Å². The lowest BCUT2D eigenvalue weighted by Crippen LogP contribution is -2.44. The average molecular weight is 377 g/mol. The van der Waals surface area contributed by atoms with Gasteiger partial charge in [-0.25, -0.2) is 4.79 Å². The van der Waals surface area contributed by atoms with Crippen molar-refractivity contribution < 1.29 is 14.3 Å². The SMILES string of the molecule is COc1cccc(NC(=O)N2CCn3cccc3[C@@H]2c2ccccc2)c1OC. The highest BCUT2D eigenvalue weighted by Gasteiger charge is 2.32. The molecule has 0 aliphatic carbocycles. The number of amides is 2. The van der Waals surface area contributed by atoms with Crippen LogP contribution < -0.4 is 14.8 Å². The van der Waals surface area contributed by atoms with Gasteiger partial charge in [0.15, 0.2) is 11.5 Å². The molecule has 28 heavy (non-hydrogen) atoms. The molecule has 4 rings (SSSR count). The summed E-state index contributed by atoms with van der Waals surface area (Å²) in [4.78, 5) is 15.1. The van der Waals surface area contributed by atoms with Gasteiger partial charge in [-0.3, -0.25) is 0 Å². The van der Waals surface area contributed by atoms with Crippen molar-refractivity contribution in [2.24, 2.45) is 0 Å². The van der Waals surface area contributed by atoms with Crippen molar-refractivity contribution in [3.8, 4) is 11.5 Å². The van der Waals surface area contributed by atoms with Crippen molar-refractivity contribution >= 4 is 11.7 Å². The van der Waals surface area contributed by atoms with Crippen LogP contribution in [0.3, 0.4) is 0 Å². The Morgan fingerprint density at radius 2 is 1.79 bits per heavy atom. The Morgan fingerprint density at radius 1 is 0.964 bits per heavy atom. The molecule has 1 atom stereocenters. The molecule has 2 amide bonds. The van der Waals surface area contributed by atoms with Gasteiger partial charge in [-0.05, 0) is 29.8 Å². The third kappa shape index (κ3) is 3.17. The van der Waals surface area contributed by atoms with E-state index in [2.05, 4.69) is 34.3 Å². The Balaban J connectivity index is 1.67. The molecule has 0 radical (unpaired) electrons. The van der Waals surface area contributed by atoms with Crippen molar-refractivity contribution in [1.82, 2.24) is 9.47 Å². The summed E-state index contributed by atoms with van der Waals surface area (Å²) in [6, 6.07) is 19.3. The number of anilines is 1. The maximum atomic E-state index is 13.3. The molecule has 6 nitrogen and oxygen atoms in total. The number of rotatable bonds is 4. The normalized spacial score (nSPS) is 15.6. The molecule has 0 bridgehead atoms. The fourth-order valence-corrected chi connectivity index (χ4v) is 3.76. The smallest absolute Gasteiger partial charge is 0.322 e. The second-order valence-electron chi connectivity index (χ2n) is 6.60. The number of benzene rings is 2. The first-order chi connectivity index (χ1) is 13.7. The Morgan fingerprint density at radius 3 is 2.54 bits per heavy atom. The molecule has 1 N–H and O–H groups in total. The molecular weight excluding hydrogens is 354 g/mol. The van der Waals surface area contributed by atoms with E-state index in [0.29, 0.717) is 23.7 Å². The van der Waals surface area contributed by atoms with Crippen molar-refractivity contribution in [2.45, 2.75) is 12.6 Å². The quantitative estimate of drug-likeness (QED) is 0.743. The zero-order valence-electron chi connectivity index (χ0n) is 16.0. The largest absolute Gasteiger partial charge is 0.493 e. The van der Waals surface area contributed by atoms with Gasteiger partial charge in [-0.2, -0.15) is 0 Å². The van der Waals surface area contributed by atoms with E-state index in [1.54, 1.807) is 20.3 Å². The van der Waals surface area contributed by atoms with Crippen LogP contribution >= 0.6 is 0 Å². The highest BCUT2D eigenvalue weighted by molar-refractivity contribution is 5.92. The fourth-order valence-electron chi connectivity index (χ4n) is 3.76. The van der Waals surface area contributed by atoms with Crippen LogP contribution in [0.15, 0.2) is 66.9 Å². The van der Waals surface area contributed by atoms with E-state index in [0.717, 1.165) is 17.8 Å². The minimum atomic E-state index is -0.173. The first kappa shape index (κ1) is 18.0.